The molecule has 1 aliphatic heterocycles. The lowest BCUT2D eigenvalue weighted by Crippen LogP contribution is -2.44. The number of H-pyrrole nitrogens is 1. The van der Waals surface area contributed by atoms with Gasteiger partial charge in [0.05, 0.1) is 18.3 Å². The van der Waals surface area contributed by atoms with E-state index in [-0.39, 0.29) is 4.90 Å². The van der Waals surface area contributed by atoms with Crippen LogP contribution in [-0.4, -0.2) is 60.3 Å². The minimum Gasteiger partial charge on any atom is -0.390 e. The Hall–Kier alpha value is -0.960. The maximum Gasteiger partial charge on any atom is 0.246 e. The average molecular weight is 246 g/mol. The third-order valence-corrected chi connectivity index (χ3v) is 4.62. The van der Waals surface area contributed by atoms with Crippen LogP contribution in [0.15, 0.2) is 17.3 Å². The van der Waals surface area contributed by atoms with Gasteiger partial charge in [0.15, 0.2) is 0 Å². The normalized spacial score (nSPS) is 26.4. The molecule has 2 rings (SSSR count). The highest BCUT2D eigenvalue weighted by atomic mass is 32.2. The lowest BCUT2D eigenvalue weighted by molar-refractivity contribution is 0.136. The molecular weight excluding hydrogens is 232 g/mol. The van der Waals surface area contributed by atoms with Gasteiger partial charge in [-0.1, -0.05) is 0 Å². The standard InChI is InChI=1S/C8H14N4O3S/c1-12(7-4-9-5-8(7)13)16(14,15)6-2-10-11-3-6/h2-3,7-9,13H,4-5H2,1H3,(H,10,11)/t7-,8-/m0/s1. The van der Waals surface area contributed by atoms with Crippen molar-refractivity contribution in [3.05, 3.63) is 12.4 Å². The second-order valence-corrected chi connectivity index (χ2v) is 5.75. The van der Waals surface area contributed by atoms with Crippen LogP contribution in [-0.2, 0) is 10.0 Å². The molecule has 0 aromatic carbocycles. The van der Waals surface area contributed by atoms with Gasteiger partial charge in [-0.05, 0) is 0 Å². The summed E-state index contributed by atoms with van der Waals surface area (Å²) >= 11 is 0. The second-order valence-electron chi connectivity index (χ2n) is 3.75. The summed E-state index contributed by atoms with van der Waals surface area (Å²) < 4.78 is 25.3. The summed E-state index contributed by atoms with van der Waals surface area (Å²) in [6, 6.07) is -0.431. The third-order valence-electron chi connectivity index (χ3n) is 2.77. The van der Waals surface area contributed by atoms with Crippen molar-refractivity contribution < 1.29 is 13.5 Å². The number of likely N-dealkylation sites (N-methyl/N-ethyl adjacent to an activating group) is 1. The first-order chi connectivity index (χ1) is 7.53. The lowest BCUT2D eigenvalue weighted by Gasteiger charge is -2.24. The van der Waals surface area contributed by atoms with Crippen LogP contribution in [0.4, 0.5) is 0 Å². The molecule has 1 fully saturated rings. The highest BCUT2D eigenvalue weighted by Gasteiger charge is 2.35. The number of β-amino-alcohol motifs (C(OH)–C–C–N with tert-alkyl or cyclic N) is 1. The molecule has 3 N–H and O–H groups in total. The lowest BCUT2D eigenvalue weighted by atomic mass is 10.2. The molecule has 0 aliphatic carbocycles. The van der Waals surface area contributed by atoms with Crippen LogP contribution in [0.3, 0.4) is 0 Å². The van der Waals surface area contributed by atoms with E-state index in [1.54, 1.807) is 0 Å². The summed E-state index contributed by atoms with van der Waals surface area (Å²) in [6.07, 6.45) is 1.90. The zero-order valence-electron chi connectivity index (χ0n) is 8.79. The first-order valence-corrected chi connectivity index (χ1v) is 6.33. The number of aliphatic hydroxyl groups excluding tert-OH is 1. The van der Waals surface area contributed by atoms with Crippen molar-refractivity contribution in [3.63, 3.8) is 0 Å². The van der Waals surface area contributed by atoms with Gasteiger partial charge < -0.3 is 10.4 Å². The van der Waals surface area contributed by atoms with Gasteiger partial charge in [-0.2, -0.15) is 9.40 Å². The molecule has 1 aromatic rings. The van der Waals surface area contributed by atoms with E-state index in [9.17, 15) is 13.5 Å². The van der Waals surface area contributed by atoms with Crippen LogP contribution in [0.1, 0.15) is 0 Å². The molecule has 2 heterocycles. The highest BCUT2D eigenvalue weighted by molar-refractivity contribution is 7.89. The number of hydrogen-bond donors (Lipinski definition) is 3. The fourth-order valence-corrected chi connectivity index (χ4v) is 3.04. The zero-order valence-corrected chi connectivity index (χ0v) is 9.61. The minimum atomic E-state index is -3.57. The van der Waals surface area contributed by atoms with E-state index >= 15 is 0 Å². The molecule has 0 amide bonds. The number of aromatic amines is 1. The number of nitrogens with zero attached hydrogens (tertiary/aromatic N) is 2. The molecule has 0 spiro atoms. The van der Waals surface area contributed by atoms with Crippen molar-refractivity contribution in [1.29, 1.82) is 0 Å². The molecular formula is C8H14N4O3S. The quantitative estimate of drug-likeness (QED) is 0.594. The van der Waals surface area contributed by atoms with Crippen LogP contribution in [0.2, 0.25) is 0 Å². The van der Waals surface area contributed by atoms with Gasteiger partial charge in [-0.25, -0.2) is 8.42 Å². The van der Waals surface area contributed by atoms with Crippen molar-refractivity contribution in [1.82, 2.24) is 19.8 Å². The van der Waals surface area contributed by atoms with Gasteiger partial charge in [-0.3, -0.25) is 5.10 Å². The summed E-state index contributed by atoms with van der Waals surface area (Å²) in [5, 5.41) is 18.6. The summed E-state index contributed by atoms with van der Waals surface area (Å²) in [6.45, 7) is 0.866. The Kier molecular flexibility index (Phi) is 2.98. The number of nitrogens with one attached hydrogen (secondary N) is 2. The fraction of sp³-hybridized carbons (Fsp3) is 0.625. The fourth-order valence-electron chi connectivity index (χ4n) is 1.75. The van der Waals surface area contributed by atoms with Gasteiger partial charge >= 0.3 is 0 Å². The van der Waals surface area contributed by atoms with Crippen molar-refractivity contribution in [3.8, 4) is 0 Å². The largest absolute Gasteiger partial charge is 0.390 e. The monoisotopic (exact) mass is 246 g/mol. The Bertz CT molecular complexity index is 444. The molecule has 8 heteroatoms. The number of aromatic nitrogens is 2. The van der Waals surface area contributed by atoms with Gasteiger partial charge in [-0.15, -0.1) is 0 Å². The van der Waals surface area contributed by atoms with E-state index in [2.05, 4.69) is 15.5 Å². The molecule has 7 nitrogen and oxygen atoms in total. The molecule has 0 unspecified atom stereocenters. The molecule has 0 bridgehead atoms. The van der Waals surface area contributed by atoms with E-state index in [0.29, 0.717) is 13.1 Å². The summed E-state index contributed by atoms with van der Waals surface area (Å²) in [5.74, 6) is 0. The summed E-state index contributed by atoms with van der Waals surface area (Å²) in [4.78, 5) is 0.106. The minimum absolute atomic E-state index is 0.106. The molecule has 1 aromatic heterocycles. The van der Waals surface area contributed by atoms with Crippen molar-refractivity contribution in [2.45, 2.75) is 17.0 Å². The first kappa shape index (κ1) is 11.5. The van der Waals surface area contributed by atoms with E-state index in [1.807, 2.05) is 0 Å². The Balaban J connectivity index is 2.24. The molecule has 0 radical (unpaired) electrons. The number of hydrogen-bond acceptors (Lipinski definition) is 5. The van der Waals surface area contributed by atoms with E-state index in [4.69, 9.17) is 0 Å². The van der Waals surface area contributed by atoms with Crippen molar-refractivity contribution in [2.75, 3.05) is 20.1 Å². The van der Waals surface area contributed by atoms with Crippen molar-refractivity contribution in [2.24, 2.45) is 0 Å². The van der Waals surface area contributed by atoms with Gasteiger partial charge in [0.1, 0.15) is 4.90 Å². The van der Waals surface area contributed by atoms with E-state index < -0.39 is 22.2 Å². The zero-order chi connectivity index (χ0) is 11.8. The van der Waals surface area contributed by atoms with E-state index in [1.165, 1.54) is 23.7 Å². The smallest absolute Gasteiger partial charge is 0.246 e. The van der Waals surface area contributed by atoms with Crippen LogP contribution in [0.5, 0.6) is 0 Å². The Morgan fingerprint density at radius 1 is 1.56 bits per heavy atom. The van der Waals surface area contributed by atoms with Crippen LogP contribution in [0.25, 0.3) is 0 Å². The summed E-state index contributed by atoms with van der Waals surface area (Å²) in [5.41, 5.74) is 0. The predicted octanol–water partition coefficient (Wildman–Crippen LogP) is -1.64. The Morgan fingerprint density at radius 2 is 2.31 bits per heavy atom. The first-order valence-electron chi connectivity index (χ1n) is 4.89. The van der Waals surface area contributed by atoms with Crippen molar-refractivity contribution >= 4 is 10.0 Å². The van der Waals surface area contributed by atoms with Gasteiger partial charge in [0.2, 0.25) is 10.0 Å². The highest BCUT2D eigenvalue weighted by Crippen LogP contribution is 2.18. The topological polar surface area (TPSA) is 98.3 Å². The van der Waals surface area contributed by atoms with Crippen LogP contribution in [0, 0.1) is 0 Å². The summed E-state index contributed by atoms with van der Waals surface area (Å²) in [7, 11) is -2.11. The number of rotatable bonds is 3. The molecule has 1 saturated heterocycles. The molecule has 1 aliphatic rings. The number of sulfonamides is 1. The molecule has 90 valence electrons. The number of aliphatic hydroxyl groups is 1. The Morgan fingerprint density at radius 3 is 2.81 bits per heavy atom. The second kappa shape index (κ2) is 4.13. The van der Waals surface area contributed by atoms with Gasteiger partial charge in [0, 0.05) is 26.3 Å². The SMILES string of the molecule is CN([C@H]1CNC[C@@H]1O)S(=O)(=O)c1cn[nH]c1. The average Bonchev–Trinajstić information content (AvgIpc) is 2.86. The Labute approximate surface area is 93.5 Å². The predicted molar refractivity (Wildman–Crippen MR) is 56.2 cm³/mol. The van der Waals surface area contributed by atoms with Crippen LogP contribution < -0.4 is 5.32 Å². The molecule has 16 heavy (non-hydrogen) atoms. The maximum absolute atomic E-state index is 12.1. The molecule has 2 atom stereocenters. The van der Waals surface area contributed by atoms with Gasteiger partial charge in [0.25, 0.3) is 0 Å². The van der Waals surface area contributed by atoms with Crippen LogP contribution >= 0.6 is 0 Å². The third kappa shape index (κ3) is 1.84. The maximum atomic E-state index is 12.1. The molecule has 0 saturated carbocycles. The van der Waals surface area contributed by atoms with E-state index in [0.717, 1.165) is 0 Å².